The predicted molar refractivity (Wildman–Crippen MR) is 75.0 cm³/mol. The van der Waals surface area contributed by atoms with E-state index in [1.807, 2.05) is 0 Å². The van der Waals surface area contributed by atoms with Gasteiger partial charge in [-0.25, -0.2) is 4.79 Å². The summed E-state index contributed by atoms with van der Waals surface area (Å²) in [6, 6.07) is -0.476. The van der Waals surface area contributed by atoms with E-state index in [1.54, 1.807) is 20.8 Å². The summed E-state index contributed by atoms with van der Waals surface area (Å²) >= 11 is 5.78. The molecule has 0 aromatic carbocycles. The summed E-state index contributed by atoms with van der Waals surface area (Å²) in [4.78, 5) is 11.6. The zero-order chi connectivity index (χ0) is 13.9. The second-order valence-electron chi connectivity index (χ2n) is 5.31. The van der Waals surface area contributed by atoms with E-state index in [0.29, 0.717) is 6.42 Å². The van der Waals surface area contributed by atoms with Gasteiger partial charge in [-0.2, -0.15) is 12.6 Å². The number of alkyl carbamates (subject to hydrolysis) is 1. The van der Waals surface area contributed by atoms with Crippen molar-refractivity contribution in [3.05, 3.63) is 0 Å². The fourth-order valence-corrected chi connectivity index (χ4v) is 3.67. The van der Waals surface area contributed by atoms with Crippen LogP contribution < -0.4 is 5.32 Å². The van der Waals surface area contributed by atoms with Gasteiger partial charge in [0.05, 0.1) is 23.3 Å². The zero-order valence-electron chi connectivity index (χ0n) is 10.8. The Morgan fingerprint density at radius 2 is 2.17 bits per heavy atom. The minimum atomic E-state index is -0.724. The van der Waals surface area contributed by atoms with Crippen LogP contribution in [0, 0.1) is 0 Å². The topological polar surface area (TPSA) is 78.8 Å². The third-order valence-electron chi connectivity index (χ3n) is 2.45. The lowest BCUT2D eigenvalue weighted by Gasteiger charge is -2.37. The molecule has 1 heterocycles. The number of aliphatic hydroxyl groups is 2. The quantitative estimate of drug-likeness (QED) is 0.572. The van der Waals surface area contributed by atoms with E-state index in [1.165, 1.54) is 11.8 Å². The van der Waals surface area contributed by atoms with Gasteiger partial charge in [0.2, 0.25) is 0 Å². The minimum absolute atomic E-state index is 0.00204. The Balaban J connectivity index is 2.53. The summed E-state index contributed by atoms with van der Waals surface area (Å²) < 4.78 is 4.87. The number of thiol groups is 1. The third kappa shape index (κ3) is 4.87. The fourth-order valence-electron chi connectivity index (χ4n) is 1.67. The molecule has 3 N–H and O–H groups in total. The molecule has 5 nitrogen and oxygen atoms in total. The Hall–Kier alpha value is -0.110. The van der Waals surface area contributed by atoms with E-state index in [0.717, 1.165) is 0 Å². The van der Waals surface area contributed by atoms with Crippen LogP contribution in [0.4, 0.5) is 4.79 Å². The lowest BCUT2D eigenvalue weighted by molar-refractivity contribution is 0.0414. The maximum absolute atomic E-state index is 11.6. The molecular formula is C11H21NO4S2. The number of rotatable bonds is 2. The molecule has 0 radical (unpaired) electrons. The van der Waals surface area contributed by atoms with Crippen molar-refractivity contribution in [2.75, 3.05) is 6.61 Å². The van der Waals surface area contributed by atoms with Gasteiger partial charge in [0, 0.05) is 5.25 Å². The highest BCUT2D eigenvalue weighted by Gasteiger charge is 2.37. The molecule has 1 aliphatic rings. The van der Waals surface area contributed by atoms with Crippen LogP contribution in [0.2, 0.25) is 0 Å². The normalized spacial score (nSPS) is 33.0. The summed E-state index contributed by atoms with van der Waals surface area (Å²) in [5, 5.41) is 21.6. The standard InChI is InChI=1S/C11H21NO4S2/c1-11(2,3)16-10(15)12-8-7(14)4-6(5-13)18-9(8)17/h6-9,13-14,17H,4-5H2,1-3H3,(H,12,15). The number of hydrogen-bond acceptors (Lipinski definition) is 6. The molecule has 7 heteroatoms. The SMILES string of the molecule is CC(C)(C)OC(=O)NC1C(O)CC(CO)SC1S. The molecule has 0 aromatic rings. The van der Waals surface area contributed by atoms with Crippen LogP contribution in [0.15, 0.2) is 0 Å². The first-order chi connectivity index (χ1) is 8.23. The van der Waals surface area contributed by atoms with Crippen LogP contribution in [-0.2, 0) is 4.74 Å². The van der Waals surface area contributed by atoms with Crippen molar-refractivity contribution in [3.8, 4) is 0 Å². The average molecular weight is 295 g/mol. The first kappa shape index (κ1) is 15.9. The molecule has 106 valence electrons. The van der Waals surface area contributed by atoms with Crippen molar-refractivity contribution < 1.29 is 19.7 Å². The third-order valence-corrected chi connectivity index (χ3v) is 4.43. The van der Waals surface area contributed by atoms with Crippen LogP contribution in [0.1, 0.15) is 27.2 Å². The first-order valence-corrected chi connectivity index (χ1v) is 7.31. The highest BCUT2D eigenvalue weighted by Crippen LogP contribution is 2.34. The zero-order valence-corrected chi connectivity index (χ0v) is 12.5. The Kier molecular flexibility index (Phi) is 5.64. The number of aliphatic hydroxyl groups excluding tert-OH is 2. The van der Waals surface area contributed by atoms with Gasteiger partial charge in [-0.15, -0.1) is 11.8 Å². The second kappa shape index (κ2) is 6.36. The summed E-state index contributed by atoms with van der Waals surface area (Å²) in [7, 11) is 0. The van der Waals surface area contributed by atoms with Crippen molar-refractivity contribution >= 4 is 30.5 Å². The van der Waals surface area contributed by atoms with E-state index in [-0.39, 0.29) is 16.4 Å². The molecule has 0 bridgehead atoms. The Morgan fingerprint density at radius 1 is 1.56 bits per heavy atom. The van der Waals surface area contributed by atoms with Crippen molar-refractivity contribution in [2.24, 2.45) is 0 Å². The fraction of sp³-hybridized carbons (Fsp3) is 0.909. The van der Waals surface area contributed by atoms with Gasteiger partial charge in [-0.3, -0.25) is 0 Å². The van der Waals surface area contributed by atoms with E-state index in [2.05, 4.69) is 17.9 Å². The molecule has 4 unspecified atom stereocenters. The number of hydrogen-bond donors (Lipinski definition) is 4. The van der Waals surface area contributed by atoms with Gasteiger partial charge >= 0.3 is 6.09 Å². The van der Waals surface area contributed by atoms with E-state index in [4.69, 9.17) is 9.84 Å². The largest absolute Gasteiger partial charge is 0.444 e. The molecule has 0 spiro atoms. The van der Waals surface area contributed by atoms with Gasteiger partial charge in [0.15, 0.2) is 0 Å². The monoisotopic (exact) mass is 295 g/mol. The Morgan fingerprint density at radius 3 is 2.61 bits per heavy atom. The number of carbonyl (C=O) groups is 1. The molecule has 1 aliphatic heterocycles. The Labute approximate surface area is 117 Å². The van der Waals surface area contributed by atoms with Crippen LogP contribution in [0.25, 0.3) is 0 Å². The van der Waals surface area contributed by atoms with Gasteiger partial charge in [-0.05, 0) is 27.2 Å². The van der Waals surface area contributed by atoms with Gasteiger partial charge in [0.1, 0.15) is 5.60 Å². The van der Waals surface area contributed by atoms with E-state index >= 15 is 0 Å². The first-order valence-electron chi connectivity index (χ1n) is 5.85. The van der Waals surface area contributed by atoms with Crippen molar-refractivity contribution in [3.63, 3.8) is 0 Å². The molecule has 1 amide bonds. The van der Waals surface area contributed by atoms with Crippen molar-refractivity contribution in [1.82, 2.24) is 5.32 Å². The molecule has 0 aliphatic carbocycles. The van der Waals surface area contributed by atoms with Crippen LogP contribution in [0.3, 0.4) is 0 Å². The van der Waals surface area contributed by atoms with Crippen LogP contribution in [-0.4, -0.2) is 50.5 Å². The molecule has 1 saturated heterocycles. The minimum Gasteiger partial charge on any atom is -0.444 e. The molecular weight excluding hydrogens is 274 g/mol. The summed E-state index contributed by atoms with van der Waals surface area (Å²) in [6.45, 7) is 5.33. The van der Waals surface area contributed by atoms with Crippen LogP contribution in [0.5, 0.6) is 0 Å². The van der Waals surface area contributed by atoms with Crippen molar-refractivity contribution in [2.45, 2.75) is 54.8 Å². The summed E-state index contributed by atoms with van der Waals surface area (Å²) in [5.74, 6) is 0. The highest BCUT2D eigenvalue weighted by molar-refractivity contribution is 8.10. The number of carbonyl (C=O) groups excluding carboxylic acids is 1. The maximum atomic E-state index is 11.6. The number of thioether (sulfide) groups is 1. The lowest BCUT2D eigenvalue weighted by atomic mass is 10.1. The Bertz CT molecular complexity index is 283. The number of amides is 1. The molecule has 0 aromatic heterocycles. The molecule has 18 heavy (non-hydrogen) atoms. The maximum Gasteiger partial charge on any atom is 0.408 e. The number of ether oxygens (including phenoxy) is 1. The average Bonchev–Trinajstić information content (AvgIpc) is 2.20. The van der Waals surface area contributed by atoms with Gasteiger partial charge < -0.3 is 20.3 Å². The van der Waals surface area contributed by atoms with Gasteiger partial charge in [-0.1, -0.05) is 0 Å². The highest BCUT2D eigenvalue weighted by atomic mass is 32.2. The summed E-state index contributed by atoms with van der Waals surface area (Å²) in [5.41, 5.74) is -0.573. The molecule has 4 atom stereocenters. The second-order valence-corrected chi connectivity index (χ2v) is 7.66. The van der Waals surface area contributed by atoms with Crippen LogP contribution >= 0.6 is 24.4 Å². The molecule has 1 fully saturated rings. The van der Waals surface area contributed by atoms with E-state index in [9.17, 15) is 9.90 Å². The van der Waals surface area contributed by atoms with Crippen molar-refractivity contribution in [1.29, 1.82) is 0 Å². The van der Waals surface area contributed by atoms with Gasteiger partial charge in [0.25, 0.3) is 0 Å². The number of nitrogens with one attached hydrogen (secondary N) is 1. The smallest absolute Gasteiger partial charge is 0.408 e. The lowest BCUT2D eigenvalue weighted by Crippen LogP contribution is -2.53. The summed E-state index contributed by atoms with van der Waals surface area (Å²) in [6.07, 6.45) is -0.856. The molecule has 1 rings (SSSR count). The molecule has 0 saturated carbocycles. The van der Waals surface area contributed by atoms with E-state index < -0.39 is 23.8 Å². The predicted octanol–water partition coefficient (Wildman–Crippen LogP) is 0.994.